The Morgan fingerprint density at radius 3 is 2.59 bits per heavy atom. The molecule has 1 aliphatic rings. The van der Waals surface area contributed by atoms with Crippen molar-refractivity contribution in [3.05, 3.63) is 15.6 Å². The van der Waals surface area contributed by atoms with Gasteiger partial charge in [0.2, 0.25) is 0 Å². The molecule has 1 unspecified atom stereocenters. The van der Waals surface area contributed by atoms with Crippen LogP contribution in [0.15, 0.2) is 0 Å². The Bertz CT molecular complexity index is 377. The zero-order valence-electron chi connectivity index (χ0n) is 11.2. The van der Waals surface area contributed by atoms with Crippen LogP contribution in [0, 0.1) is 13.8 Å². The van der Waals surface area contributed by atoms with Gasteiger partial charge in [-0.2, -0.15) is 11.8 Å². The van der Waals surface area contributed by atoms with Crippen molar-refractivity contribution in [2.45, 2.75) is 50.8 Å². The number of hydrogen-bond donors (Lipinski definition) is 1. The summed E-state index contributed by atoms with van der Waals surface area (Å²) in [4.78, 5) is 5.91. The van der Waals surface area contributed by atoms with Crippen molar-refractivity contribution in [1.29, 1.82) is 0 Å². The lowest BCUT2D eigenvalue weighted by molar-refractivity contribution is 0.335. The molecule has 1 aliphatic carbocycles. The second-order valence-electron chi connectivity index (χ2n) is 5.03. The molecule has 0 spiro atoms. The van der Waals surface area contributed by atoms with Crippen LogP contribution in [0.4, 0.5) is 0 Å². The molecular weight excluding hydrogens is 248 g/mol. The Hall–Kier alpha value is -0.0600. The molecule has 0 aromatic carbocycles. The highest BCUT2D eigenvalue weighted by Gasteiger charge is 2.36. The van der Waals surface area contributed by atoms with E-state index in [0.717, 1.165) is 6.54 Å². The number of nitrogens with one attached hydrogen (secondary N) is 1. The molecule has 96 valence electrons. The van der Waals surface area contributed by atoms with Gasteiger partial charge in [0.15, 0.2) is 0 Å². The highest BCUT2D eigenvalue weighted by Crippen LogP contribution is 2.42. The molecule has 17 heavy (non-hydrogen) atoms. The van der Waals surface area contributed by atoms with Crippen LogP contribution in [0.3, 0.4) is 0 Å². The summed E-state index contributed by atoms with van der Waals surface area (Å²) >= 11 is 3.86. The van der Waals surface area contributed by atoms with Gasteiger partial charge in [0, 0.05) is 22.2 Å². The van der Waals surface area contributed by atoms with E-state index in [9.17, 15) is 0 Å². The Labute approximate surface area is 113 Å². The Balaban J connectivity index is 1.93. The van der Waals surface area contributed by atoms with Crippen LogP contribution in [-0.4, -0.2) is 22.5 Å². The highest BCUT2D eigenvalue weighted by molar-refractivity contribution is 8.00. The van der Waals surface area contributed by atoms with Crippen LogP contribution < -0.4 is 5.32 Å². The monoisotopic (exact) mass is 270 g/mol. The van der Waals surface area contributed by atoms with Gasteiger partial charge < -0.3 is 5.32 Å². The van der Waals surface area contributed by atoms with Crippen molar-refractivity contribution in [1.82, 2.24) is 10.3 Å². The minimum atomic E-state index is 0.436. The molecule has 1 saturated carbocycles. The number of nitrogens with zero attached hydrogens (tertiary/aromatic N) is 1. The van der Waals surface area contributed by atoms with Gasteiger partial charge in [-0.1, -0.05) is 6.42 Å². The molecule has 1 atom stereocenters. The lowest BCUT2D eigenvalue weighted by Gasteiger charge is -2.41. The fourth-order valence-electron chi connectivity index (χ4n) is 2.40. The summed E-state index contributed by atoms with van der Waals surface area (Å²) in [6.07, 6.45) is 6.38. The van der Waals surface area contributed by atoms with E-state index in [4.69, 9.17) is 0 Å². The van der Waals surface area contributed by atoms with Crippen molar-refractivity contribution in [2.75, 3.05) is 12.8 Å². The molecule has 0 bridgehead atoms. The number of hydrogen-bond acceptors (Lipinski definition) is 4. The molecule has 0 aliphatic heterocycles. The first-order valence-electron chi connectivity index (χ1n) is 6.29. The van der Waals surface area contributed by atoms with Crippen LogP contribution in [0.2, 0.25) is 0 Å². The third kappa shape index (κ3) is 2.85. The number of aryl methyl sites for hydroxylation is 2. The SMILES string of the molecule is CSC1(CNC(C)c2sc(C)nc2C)CCC1. The predicted octanol–water partition coefficient (Wildman–Crippen LogP) is 3.70. The lowest BCUT2D eigenvalue weighted by Crippen LogP contribution is -2.43. The Morgan fingerprint density at radius 2 is 2.18 bits per heavy atom. The normalized spacial score (nSPS) is 20.0. The van der Waals surface area contributed by atoms with Gasteiger partial charge in [-0.25, -0.2) is 4.98 Å². The largest absolute Gasteiger partial charge is 0.308 e. The maximum absolute atomic E-state index is 4.50. The van der Waals surface area contributed by atoms with E-state index in [-0.39, 0.29) is 0 Å². The fourth-order valence-corrected chi connectivity index (χ4v) is 4.28. The van der Waals surface area contributed by atoms with E-state index < -0.39 is 0 Å². The molecule has 1 aromatic heterocycles. The predicted molar refractivity (Wildman–Crippen MR) is 78.1 cm³/mol. The average Bonchev–Trinajstić information content (AvgIpc) is 2.57. The second-order valence-corrected chi connectivity index (χ2v) is 7.53. The highest BCUT2D eigenvalue weighted by atomic mass is 32.2. The summed E-state index contributed by atoms with van der Waals surface area (Å²) in [7, 11) is 0. The molecule has 0 radical (unpaired) electrons. The maximum Gasteiger partial charge on any atom is 0.0900 e. The molecule has 1 N–H and O–H groups in total. The first kappa shape index (κ1) is 13.4. The van der Waals surface area contributed by atoms with Crippen LogP contribution in [-0.2, 0) is 0 Å². The number of rotatable bonds is 5. The molecule has 0 amide bonds. The lowest BCUT2D eigenvalue weighted by atomic mass is 9.84. The van der Waals surface area contributed by atoms with Crippen molar-refractivity contribution in [3.8, 4) is 0 Å². The van der Waals surface area contributed by atoms with Gasteiger partial charge in [0.25, 0.3) is 0 Å². The molecule has 1 fully saturated rings. The third-order valence-corrected chi connectivity index (χ3v) is 6.44. The molecule has 1 aromatic rings. The molecule has 4 heteroatoms. The smallest absolute Gasteiger partial charge is 0.0900 e. The van der Waals surface area contributed by atoms with Gasteiger partial charge in [-0.05, 0) is 39.9 Å². The van der Waals surface area contributed by atoms with E-state index in [0.29, 0.717) is 10.8 Å². The summed E-state index contributed by atoms with van der Waals surface area (Å²) in [5, 5.41) is 4.87. The Morgan fingerprint density at radius 1 is 1.47 bits per heavy atom. The summed E-state index contributed by atoms with van der Waals surface area (Å²) < 4.78 is 0.516. The number of thiazole rings is 1. The number of thioether (sulfide) groups is 1. The summed E-state index contributed by atoms with van der Waals surface area (Å²) in [6.45, 7) is 7.59. The first-order valence-corrected chi connectivity index (χ1v) is 8.33. The fraction of sp³-hybridized carbons (Fsp3) is 0.769. The van der Waals surface area contributed by atoms with Crippen molar-refractivity contribution < 1.29 is 0 Å². The zero-order chi connectivity index (χ0) is 12.5. The average molecular weight is 270 g/mol. The second kappa shape index (κ2) is 5.29. The maximum atomic E-state index is 4.50. The van der Waals surface area contributed by atoms with Gasteiger partial charge in [0.1, 0.15) is 0 Å². The first-order chi connectivity index (χ1) is 8.06. The minimum Gasteiger partial charge on any atom is -0.308 e. The van der Waals surface area contributed by atoms with Crippen molar-refractivity contribution >= 4 is 23.1 Å². The van der Waals surface area contributed by atoms with E-state index in [1.54, 1.807) is 0 Å². The molecule has 0 saturated heterocycles. The summed E-state index contributed by atoms with van der Waals surface area (Å²) in [5.74, 6) is 0. The topological polar surface area (TPSA) is 24.9 Å². The van der Waals surface area contributed by atoms with Gasteiger partial charge >= 0.3 is 0 Å². The number of aromatic nitrogens is 1. The molecule has 2 rings (SSSR count). The quantitative estimate of drug-likeness (QED) is 0.883. The van der Waals surface area contributed by atoms with Crippen LogP contribution in [0.5, 0.6) is 0 Å². The minimum absolute atomic E-state index is 0.436. The Kier molecular flexibility index (Phi) is 4.16. The standard InChI is InChI=1S/C13H22N2S2/c1-9(12-10(2)15-11(3)17-12)14-8-13(16-4)6-5-7-13/h9,14H,5-8H2,1-4H3. The van der Waals surface area contributed by atoms with Crippen molar-refractivity contribution in [3.63, 3.8) is 0 Å². The van der Waals surface area contributed by atoms with Gasteiger partial charge in [-0.3, -0.25) is 0 Å². The van der Waals surface area contributed by atoms with Gasteiger partial charge in [-0.15, -0.1) is 11.3 Å². The van der Waals surface area contributed by atoms with E-state index in [1.807, 2.05) is 23.1 Å². The summed E-state index contributed by atoms with van der Waals surface area (Å²) in [5.41, 5.74) is 1.19. The van der Waals surface area contributed by atoms with Gasteiger partial charge in [0.05, 0.1) is 10.7 Å². The van der Waals surface area contributed by atoms with Crippen molar-refractivity contribution in [2.24, 2.45) is 0 Å². The van der Waals surface area contributed by atoms with E-state index in [2.05, 4.69) is 37.3 Å². The van der Waals surface area contributed by atoms with E-state index in [1.165, 1.54) is 34.8 Å². The molecular formula is C13H22N2S2. The van der Waals surface area contributed by atoms with Crippen LogP contribution in [0.25, 0.3) is 0 Å². The third-order valence-electron chi connectivity index (χ3n) is 3.76. The molecule has 2 nitrogen and oxygen atoms in total. The summed E-state index contributed by atoms with van der Waals surface area (Å²) in [6, 6.07) is 0.436. The zero-order valence-corrected chi connectivity index (χ0v) is 12.8. The van der Waals surface area contributed by atoms with Crippen LogP contribution in [0.1, 0.15) is 47.8 Å². The molecule has 1 heterocycles. The van der Waals surface area contributed by atoms with Crippen LogP contribution >= 0.6 is 23.1 Å². The van der Waals surface area contributed by atoms with E-state index >= 15 is 0 Å².